The minimum Gasteiger partial charge on any atom is -0.294 e. The van der Waals surface area contributed by atoms with Gasteiger partial charge in [0.1, 0.15) is 0 Å². The molecule has 1 aromatic carbocycles. The Kier molecular flexibility index (Phi) is 4.62. The van der Waals surface area contributed by atoms with Gasteiger partial charge in [0.2, 0.25) is 0 Å². The maximum absolute atomic E-state index is 12.6. The average molecular weight is 324 g/mol. The van der Waals surface area contributed by atoms with Crippen LogP contribution in [0.25, 0.3) is 5.69 Å². The number of ketones is 1. The third kappa shape index (κ3) is 3.61. The lowest BCUT2D eigenvalue weighted by atomic mass is 9.82. The van der Waals surface area contributed by atoms with E-state index in [1.165, 1.54) is 0 Å². The highest BCUT2D eigenvalue weighted by Gasteiger charge is 2.28. The van der Waals surface area contributed by atoms with Crippen LogP contribution in [0.3, 0.4) is 0 Å². The molecule has 1 heterocycles. The second kappa shape index (κ2) is 6.54. The number of hydrogen-bond donors (Lipinski definition) is 0. The molecule has 3 heteroatoms. The Hall–Kier alpha value is -1.90. The van der Waals surface area contributed by atoms with Crippen molar-refractivity contribution in [3.05, 3.63) is 47.3 Å². The lowest BCUT2D eigenvalue weighted by Gasteiger charge is -2.23. The van der Waals surface area contributed by atoms with Crippen LogP contribution in [0.15, 0.2) is 30.3 Å². The van der Waals surface area contributed by atoms with Gasteiger partial charge in [0, 0.05) is 6.42 Å². The summed E-state index contributed by atoms with van der Waals surface area (Å²) in [4.78, 5) is 12.6. The van der Waals surface area contributed by atoms with E-state index in [4.69, 9.17) is 5.10 Å². The minimum absolute atomic E-state index is 0.274. The van der Waals surface area contributed by atoms with E-state index < -0.39 is 0 Å². The van der Waals surface area contributed by atoms with Gasteiger partial charge in [0.15, 0.2) is 5.78 Å². The molecule has 0 aliphatic heterocycles. The molecule has 0 amide bonds. The molecule has 128 valence electrons. The van der Waals surface area contributed by atoms with Crippen LogP contribution in [0.1, 0.15) is 68.7 Å². The number of benzene rings is 1. The number of hydrogen-bond acceptors (Lipinski definition) is 2. The molecule has 0 bridgehead atoms. The first-order valence-electron chi connectivity index (χ1n) is 9.04. The second-order valence-corrected chi connectivity index (χ2v) is 8.37. The number of nitrogens with zero attached hydrogens (tertiary/aromatic N) is 2. The molecule has 0 radical (unpaired) electrons. The topological polar surface area (TPSA) is 34.9 Å². The number of rotatable bonds is 4. The van der Waals surface area contributed by atoms with E-state index in [9.17, 15) is 4.79 Å². The fraction of sp³-hybridized carbons (Fsp3) is 0.524. The van der Waals surface area contributed by atoms with Crippen LogP contribution in [-0.4, -0.2) is 15.6 Å². The molecule has 0 saturated carbocycles. The molecule has 0 fully saturated rings. The van der Waals surface area contributed by atoms with Crippen LogP contribution < -0.4 is 0 Å². The Balaban J connectivity index is 1.98. The van der Waals surface area contributed by atoms with E-state index in [0.717, 1.165) is 48.3 Å². The van der Waals surface area contributed by atoms with Crippen LogP contribution in [0.4, 0.5) is 0 Å². The summed E-state index contributed by atoms with van der Waals surface area (Å²) in [6.45, 7) is 9.08. The second-order valence-electron chi connectivity index (χ2n) is 8.37. The summed E-state index contributed by atoms with van der Waals surface area (Å²) in [7, 11) is 0. The smallest absolute Gasteiger partial charge is 0.166 e. The summed E-state index contributed by atoms with van der Waals surface area (Å²) in [6, 6.07) is 10.2. The molecule has 1 unspecified atom stereocenters. The lowest BCUT2D eigenvalue weighted by Crippen LogP contribution is -2.16. The van der Waals surface area contributed by atoms with Crippen molar-refractivity contribution in [2.75, 3.05) is 0 Å². The molecule has 0 spiro atoms. The SMILES string of the molecule is CC(Cc1nn(-c2ccccc2)c2c1C(=O)CCC2)CC(C)(C)C. The Morgan fingerprint density at radius 3 is 2.54 bits per heavy atom. The largest absolute Gasteiger partial charge is 0.294 e. The first-order chi connectivity index (χ1) is 11.3. The van der Waals surface area contributed by atoms with Crippen LogP contribution in [0, 0.1) is 11.3 Å². The van der Waals surface area contributed by atoms with E-state index in [1.54, 1.807) is 0 Å². The summed E-state index contributed by atoms with van der Waals surface area (Å²) in [6.07, 6.45) is 4.55. The number of carbonyl (C=O) groups excluding carboxylic acids is 1. The summed E-state index contributed by atoms with van der Waals surface area (Å²) in [5.74, 6) is 0.791. The maximum atomic E-state index is 12.6. The molecule has 1 aliphatic rings. The molecule has 1 aliphatic carbocycles. The predicted octanol–water partition coefficient (Wildman–Crippen LogP) is 5.01. The van der Waals surface area contributed by atoms with Gasteiger partial charge in [-0.1, -0.05) is 45.9 Å². The highest BCUT2D eigenvalue weighted by Crippen LogP contribution is 2.31. The summed E-state index contributed by atoms with van der Waals surface area (Å²) >= 11 is 0. The van der Waals surface area contributed by atoms with E-state index >= 15 is 0 Å². The van der Waals surface area contributed by atoms with Crippen LogP contribution in [0.2, 0.25) is 0 Å². The molecule has 0 N–H and O–H groups in total. The number of carbonyl (C=O) groups is 1. The molecule has 24 heavy (non-hydrogen) atoms. The van der Waals surface area contributed by atoms with Crippen molar-refractivity contribution in [2.24, 2.45) is 11.3 Å². The highest BCUT2D eigenvalue weighted by atomic mass is 16.1. The van der Waals surface area contributed by atoms with Gasteiger partial charge >= 0.3 is 0 Å². The third-order valence-corrected chi connectivity index (χ3v) is 4.65. The fourth-order valence-electron chi connectivity index (χ4n) is 3.97. The summed E-state index contributed by atoms with van der Waals surface area (Å²) in [5, 5.41) is 4.88. The van der Waals surface area contributed by atoms with E-state index in [0.29, 0.717) is 17.8 Å². The van der Waals surface area contributed by atoms with Gasteiger partial charge < -0.3 is 0 Å². The number of fused-ring (bicyclic) bond motifs is 1. The predicted molar refractivity (Wildman–Crippen MR) is 97.8 cm³/mol. The highest BCUT2D eigenvalue weighted by molar-refractivity contribution is 5.99. The monoisotopic (exact) mass is 324 g/mol. The number of aromatic nitrogens is 2. The molecular weight excluding hydrogens is 296 g/mol. The molecule has 3 rings (SSSR count). The van der Waals surface area contributed by atoms with Crippen molar-refractivity contribution in [3.8, 4) is 5.69 Å². The number of Topliss-reactive ketones (excluding diaryl/α,β-unsaturated/α-hetero) is 1. The fourth-order valence-corrected chi connectivity index (χ4v) is 3.97. The van der Waals surface area contributed by atoms with Crippen molar-refractivity contribution in [1.29, 1.82) is 0 Å². The van der Waals surface area contributed by atoms with Gasteiger partial charge in [-0.05, 0) is 49.1 Å². The van der Waals surface area contributed by atoms with Crippen molar-refractivity contribution in [2.45, 2.75) is 59.8 Å². The third-order valence-electron chi connectivity index (χ3n) is 4.65. The summed E-state index contributed by atoms with van der Waals surface area (Å²) in [5.41, 5.74) is 4.36. The van der Waals surface area contributed by atoms with E-state index in [2.05, 4.69) is 39.8 Å². The molecule has 3 nitrogen and oxygen atoms in total. The Morgan fingerprint density at radius 1 is 1.17 bits per heavy atom. The van der Waals surface area contributed by atoms with Gasteiger partial charge in [-0.3, -0.25) is 4.79 Å². The zero-order valence-corrected chi connectivity index (χ0v) is 15.3. The van der Waals surface area contributed by atoms with Gasteiger partial charge in [-0.25, -0.2) is 4.68 Å². The van der Waals surface area contributed by atoms with Gasteiger partial charge in [-0.15, -0.1) is 0 Å². The average Bonchev–Trinajstić information content (AvgIpc) is 2.86. The maximum Gasteiger partial charge on any atom is 0.166 e. The molecule has 1 aromatic heterocycles. The van der Waals surface area contributed by atoms with Crippen LogP contribution in [-0.2, 0) is 12.8 Å². The van der Waals surface area contributed by atoms with Gasteiger partial charge in [-0.2, -0.15) is 5.10 Å². The standard InChI is InChI=1S/C21H28N2O/c1-15(14-21(2,3)4)13-17-20-18(11-8-12-19(20)24)23(22-17)16-9-6-5-7-10-16/h5-7,9-10,15H,8,11-14H2,1-4H3. The normalized spacial score (nSPS) is 16.1. The van der Waals surface area contributed by atoms with Gasteiger partial charge in [0.05, 0.1) is 22.6 Å². The van der Waals surface area contributed by atoms with Crippen molar-refractivity contribution >= 4 is 5.78 Å². The van der Waals surface area contributed by atoms with Crippen molar-refractivity contribution in [1.82, 2.24) is 9.78 Å². The minimum atomic E-state index is 0.274. The Bertz CT molecular complexity index is 722. The lowest BCUT2D eigenvalue weighted by molar-refractivity contribution is 0.0971. The van der Waals surface area contributed by atoms with Crippen LogP contribution in [0.5, 0.6) is 0 Å². The Labute approximate surface area is 145 Å². The first-order valence-corrected chi connectivity index (χ1v) is 9.04. The molecular formula is C21H28N2O. The number of para-hydroxylation sites is 1. The molecule has 0 saturated heterocycles. The summed E-state index contributed by atoms with van der Waals surface area (Å²) < 4.78 is 2.01. The zero-order chi connectivity index (χ0) is 17.3. The van der Waals surface area contributed by atoms with Crippen molar-refractivity contribution in [3.63, 3.8) is 0 Å². The van der Waals surface area contributed by atoms with E-state index in [1.807, 2.05) is 22.9 Å². The van der Waals surface area contributed by atoms with Crippen molar-refractivity contribution < 1.29 is 4.79 Å². The first kappa shape index (κ1) is 16.9. The molecule has 1 atom stereocenters. The van der Waals surface area contributed by atoms with Crippen LogP contribution >= 0.6 is 0 Å². The van der Waals surface area contributed by atoms with E-state index in [-0.39, 0.29) is 5.78 Å². The zero-order valence-electron chi connectivity index (χ0n) is 15.3. The Morgan fingerprint density at radius 2 is 1.88 bits per heavy atom. The molecule has 2 aromatic rings. The quantitative estimate of drug-likeness (QED) is 0.792. The van der Waals surface area contributed by atoms with Gasteiger partial charge in [0.25, 0.3) is 0 Å².